The van der Waals surface area contributed by atoms with E-state index in [1.807, 2.05) is 56.3 Å². The zero-order valence-electron chi connectivity index (χ0n) is 26.4. The van der Waals surface area contributed by atoms with Gasteiger partial charge in [0, 0.05) is 32.7 Å². The van der Waals surface area contributed by atoms with Gasteiger partial charge in [0.1, 0.15) is 23.0 Å². The van der Waals surface area contributed by atoms with E-state index in [4.69, 9.17) is 18.9 Å². The summed E-state index contributed by atoms with van der Waals surface area (Å²) in [7, 11) is -0.317. The number of nitrogens with one attached hydrogen (secondary N) is 1. The van der Waals surface area contributed by atoms with Crippen LogP contribution in [0.5, 0.6) is 11.5 Å². The number of methoxy groups -OCH3 is 2. The van der Waals surface area contributed by atoms with E-state index >= 15 is 0 Å². The lowest BCUT2D eigenvalue weighted by molar-refractivity contribution is -0.00236. The zero-order chi connectivity index (χ0) is 31.2. The molecule has 3 aromatic rings. The minimum Gasteiger partial charge on any atom is -0.497 e. The Morgan fingerprint density at radius 3 is 2.52 bits per heavy atom. The fourth-order valence-corrected chi connectivity index (χ4v) is 8.56. The van der Waals surface area contributed by atoms with Crippen LogP contribution in [0.25, 0.3) is 0 Å². The van der Waals surface area contributed by atoms with E-state index in [0.29, 0.717) is 37.5 Å². The molecule has 2 aliphatic heterocycles. The number of ether oxygens (including phenoxy) is 4. The van der Waals surface area contributed by atoms with Crippen LogP contribution in [0.4, 0.5) is 5.69 Å². The molecule has 1 saturated heterocycles. The van der Waals surface area contributed by atoms with Crippen LogP contribution in [0.1, 0.15) is 55.2 Å². The molecule has 3 aromatic carbocycles. The quantitative estimate of drug-likeness (QED) is 0.237. The summed E-state index contributed by atoms with van der Waals surface area (Å²) in [6.45, 7) is 7.94. The standard InChI is InChI=1S/C35H46N2O6S/c1-5-17-35(44(38,39)30-14-7-26(2)8-15-30)23-31(28-10-12-29(41-4)13-11-28)34(24-36-35)43-25-27-9-16-33-32(22-27)37(19-21-42-33)18-6-20-40-3/h7-16,22,31,34,36H,5-6,17-21,23-25H2,1-4H3/t31-,34+,35-/m1/s1. The first-order chi connectivity index (χ1) is 21.3. The van der Waals surface area contributed by atoms with Gasteiger partial charge in [-0.1, -0.05) is 49.2 Å². The van der Waals surface area contributed by atoms with Crippen LogP contribution in [0, 0.1) is 6.92 Å². The van der Waals surface area contributed by atoms with Crippen molar-refractivity contribution in [2.75, 3.05) is 52.0 Å². The summed E-state index contributed by atoms with van der Waals surface area (Å²) < 4.78 is 51.8. The Balaban J connectivity index is 1.41. The summed E-state index contributed by atoms with van der Waals surface area (Å²) in [5.74, 6) is 1.51. The van der Waals surface area contributed by atoms with Crippen molar-refractivity contribution >= 4 is 15.5 Å². The number of hydrogen-bond acceptors (Lipinski definition) is 8. The molecule has 9 heteroatoms. The van der Waals surface area contributed by atoms with Crippen molar-refractivity contribution in [3.63, 3.8) is 0 Å². The molecule has 1 N–H and O–H groups in total. The molecule has 0 spiro atoms. The van der Waals surface area contributed by atoms with Gasteiger partial charge < -0.3 is 23.8 Å². The minimum absolute atomic E-state index is 0.138. The molecule has 2 heterocycles. The highest BCUT2D eigenvalue weighted by Gasteiger charge is 2.50. The number of fused-ring (bicyclic) bond motifs is 1. The van der Waals surface area contributed by atoms with Gasteiger partial charge in [-0.3, -0.25) is 5.32 Å². The molecule has 238 valence electrons. The Bertz CT molecular complexity index is 1480. The predicted octanol–water partition coefficient (Wildman–Crippen LogP) is 5.87. The third-order valence-corrected chi connectivity index (χ3v) is 11.3. The second-order valence-electron chi connectivity index (χ2n) is 11.9. The molecule has 1 fully saturated rings. The molecule has 44 heavy (non-hydrogen) atoms. The van der Waals surface area contributed by atoms with Crippen molar-refractivity contribution in [1.82, 2.24) is 5.32 Å². The van der Waals surface area contributed by atoms with Crippen molar-refractivity contribution in [3.8, 4) is 11.5 Å². The summed E-state index contributed by atoms with van der Waals surface area (Å²) in [5.41, 5.74) is 4.20. The van der Waals surface area contributed by atoms with Crippen molar-refractivity contribution in [2.24, 2.45) is 0 Å². The van der Waals surface area contributed by atoms with Crippen molar-refractivity contribution in [3.05, 3.63) is 83.4 Å². The maximum atomic E-state index is 14.3. The molecule has 8 nitrogen and oxygen atoms in total. The summed E-state index contributed by atoms with van der Waals surface area (Å²) in [4.78, 5) is 1.59. The number of nitrogens with zero attached hydrogens (tertiary/aromatic N) is 1. The molecular formula is C35H46N2O6S. The number of rotatable bonds is 13. The molecule has 0 amide bonds. The second-order valence-corrected chi connectivity index (χ2v) is 14.1. The average molecular weight is 623 g/mol. The van der Waals surface area contributed by atoms with Crippen molar-refractivity contribution in [2.45, 2.75) is 67.9 Å². The van der Waals surface area contributed by atoms with E-state index in [1.54, 1.807) is 26.4 Å². The van der Waals surface area contributed by atoms with Crippen LogP contribution in [0.2, 0.25) is 0 Å². The highest BCUT2D eigenvalue weighted by Crippen LogP contribution is 2.43. The molecule has 0 unspecified atom stereocenters. The van der Waals surface area contributed by atoms with Crippen molar-refractivity contribution in [1.29, 1.82) is 0 Å². The fraction of sp³-hybridized carbons (Fsp3) is 0.486. The van der Waals surface area contributed by atoms with Crippen LogP contribution in [-0.4, -0.2) is 66.5 Å². The molecule has 0 aliphatic carbocycles. The molecule has 5 rings (SSSR count). The van der Waals surface area contributed by atoms with Gasteiger partial charge in [0.25, 0.3) is 0 Å². The number of piperidine rings is 1. The third-order valence-electron chi connectivity index (χ3n) is 8.89. The van der Waals surface area contributed by atoms with E-state index in [9.17, 15) is 8.42 Å². The van der Waals surface area contributed by atoms with Crippen LogP contribution in [0.3, 0.4) is 0 Å². The lowest BCUT2D eigenvalue weighted by atomic mass is 9.82. The van der Waals surface area contributed by atoms with Gasteiger partial charge in [-0.15, -0.1) is 0 Å². The molecule has 3 atom stereocenters. The van der Waals surface area contributed by atoms with Gasteiger partial charge in [0.2, 0.25) is 0 Å². The molecule has 2 aliphatic rings. The number of hydrogen-bond donors (Lipinski definition) is 1. The van der Waals surface area contributed by atoms with E-state index in [0.717, 1.165) is 66.4 Å². The summed E-state index contributed by atoms with van der Waals surface area (Å²) in [6, 6.07) is 21.4. The van der Waals surface area contributed by atoms with Gasteiger partial charge in [-0.05, 0) is 73.7 Å². The average Bonchev–Trinajstić information content (AvgIpc) is 3.04. The molecule has 0 saturated carbocycles. The maximum absolute atomic E-state index is 14.3. The van der Waals surface area contributed by atoms with Gasteiger partial charge >= 0.3 is 0 Å². The first-order valence-corrected chi connectivity index (χ1v) is 17.1. The lowest BCUT2D eigenvalue weighted by Gasteiger charge is -2.45. The van der Waals surface area contributed by atoms with E-state index in [2.05, 4.69) is 22.3 Å². The molecule has 0 bridgehead atoms. The van der Waals surface area contributed by atoms with Gasteiger partial charge in [0.05, 0.1) is 36.9 Å². The van der Waals surface area contributed by atoms with Crippen molar-refractivity contribution < 1.29 is 27.4 Å². The van der Waals surface area contributed by atoms with Gasteiger partial charge in [-0.25, -0.2) is 8.42 Å². The number of aryl methyl sites for hydroxylation is 1. The van der Waals surface area contributed by atoms with Gasteiger partial charge in [0.15, 0.2) is 9.84 Å². The molecular weight excluding hydrogens is 576 g/mol. The largest absolute Gasteiger partial charge is 0.497 e. The monoisotopic (exact) mass is 622 g/mol. The number of benzene rings is 3. The zero-order valence-corrected chi connectivity index (χ0v) is 27.2. The SMILES string of the molecule is CCC[C@@]1(S(=O)(=O)c2ccc(C)cc2)C[C@H](c2ccc(OC)cc2)[C@@H](OCc2ccc3c(c2)N(CCCOC)CCO3)CN1. The summed E-state index contributed by atoms with van der Waals surface area (Å²) >= 11 is 0. The first kappa shape index (κ1) is 32.3. The van der Waals surface area contributed by atoms with Crippen LogP contribution in [0.15, 0.2) is 71.6 Å². The van der Waals surface area contributed by atoms with Crippen LogP contribution >= 0.6 is 0 Å². The predicted molar refractivity (Wildman–Crippen MR) is 174 cm³/mol. The highest BCUT2D eigenvalue weighted by atomic mass is 32.2. The second kappa shape index (κ2) is 14.3. The van der Waals surface area contributed by atoms with E-state index in [1.165, 1.54) is 0 Å². The number of sulfone groups is 1. The van der Waals surface area contributed by atoms with Crippen LogP contribution in [-0.2, 0) is 25.9 Å². The Kier molecular flexibility index (Phi) is 10.5. The Hall–Kier alpha value is -3.11. The van der Waals surface area contributed by atoms with E-state index in [-0.39, 0.29) is 12.0 Å². The smallest absolute Gasteiger partial charge is 0.197 e. The first-order valence-electron chi connectivity index (χ1n) is 15.6. The Morgan fingerprint density at radius 2 is 1.82 bits per heavy atom. The normalized spacial score (nSPS) is 21.9. The molecule has 0 aromatic heterocycles. The third kappa shape index (κ3) is 6.91. The fourth-order valence-electron chi connectivity index (χ4n) is 6.47. The molecule has 0 radical (unpaired) electrons. The summed E-state index contributed by atoms with van der Waals surface area (Å²) in [5, 5.41) is 3.50. The highest BCUT2D eigenvalue weighted by molar-refractivity contribution is 7.92. The van der Waals surface area contributed by atoms with Gasteiger partial charge in [-0.2, -0.15) is 0 Å². The topological polar surface area (TPSA) is 86.3 Å². The van der Waals surface area contributed by atoms with E-state index < -0.39 is 14.7 Å². The lowest BCUT2D eigenvalue weighted by Crippen LogP contribution is -2.60. The Morgan fingerprint density at radius 1 is 1.05 bits per heavy atom. The Labute approximate surface area is 262 Å². The number of anilines is 1. The van der Waals surface area contributed by atoms with Crippen LogP contribution < -0.4 is 19.7 Å². The summed E-state index contributed by atoms with van der Waals surface area (Å²) in [6.07, 6.45) is 2.36. The minimum atomic E-state index is -3.69. The maximum Gasteiger partial charge on any atom is 0.197 e.